The van der Waals surface area contributed by atoms with Crippen molar-refractivity contribution in [1.29, 1.82) is 0 Å². The standard InChI is InChI=1S/C24H35N3O.C2HF3O2/c1-17-14-21(27(12-3-4-13-27)26-11-5-6-18(26)2)9-10-23(17)25-24(28)22-16-19-7-8-20(22)15-19;3-2(4,5)1(6)7/h9-10,14,18-20,22H,3-8,11-13,15-16H2,1-2H3;(H,6,7)/p+1/t18?,19?,20-,22-;/m0./s1. The Hall–Kier alpha value is -2.13. The van der Waals surface area contributed by atoms with Gasteiger partial charge in [0.05, 0.1) is 6.04 Å². The number of aliphatic carboxylic acids is 1. The Kier molecular flexibility index (Phi) is 7.48. The van der Waals surface area contributed by atoms with E-state index in [1.54, 1.807) is 0 Å². The molecule has 2 saturated carbocycles. The molecule has 2 saturated heterocycles. The van der Waals surface area contributed by atoms with Gasteiger partial charge >= 0.3 is 12.1 Å². The molecule has 1 amide bonds. The number of quaternary nitrogens is 1. The van der Waals surface area contributed by atoms with Crippen molar-refractivity contribution in [3.63, 3.8) is 0 Å². The number of carbonyl (C=O) groups is 2. The Morgan fingerprint density at radius 1 is 1.09 bits per heavy atom. The fourth-order valence-electron chi connectivity index (χ4n) is 6.85. The average molecular weight is 497 g/mol. The summed E-state index contributed by atoms with van der Waals surface area (Å²) in [6, 6.07) is 7.48. The highest BCUT2D eigenvalue weighted by Gasteiger charge is 2.46. The second-order valence-electron chi connectivity index (χ2n) is 10.8. The van der Waals surface area contributed by atoms with Gasteiger partial charge in [0.2, 0.25) is 5.91 Å². The van der Waals surface area contributed by atoms with Crippen molar-refractivity contribution in [3.05, 3.63) is 23.8 Å². The van der Waals surface area contributed by atoms with Gasteiger partial charge in [-0.25, -0.2) is 9.39 Å². The van der Waals surface area contributed by atoms with Crippen LogP contribution in [0.4, 0.5) is 24.5 Å². The van der Waals surface area contributed by atoms with E-state index in [4.69, 9.17) is 9.90 Å². The van der Waals surface area contributed by atoms with Gasteiger partial charge in [-0.3, -0.25) is 4.79 Å². The van der Waals surface area contributed by atoms with Crippen LogP contribution in [0.1, 0.15) is 63.9 Å². The minimum absolute atomic E-state index is 0.250. The molecule has 2 aliphatic heterocycles. The number of hydrogen-bond donors (Lipinski definition) is 2. The zero-order valence-corrected chi connectivity index (χ0v) is 20.6. The van der Waals surface area contributed by atoms with Crippen molar-refractivity contribution < 1.29 is 27.9 Å². The number of amides is 1. The third kappa shape index (κ3) is 5.35. The summed E-state index contributed by atoms with van der Waals surface area (Å²) in [5, 5.41) is 13.1. The Bertz CT molecular complexity index is 946. The smallest absolute Gasteiger partial charge is 0.475 e. The number of anilines is 1. The number of carbonyl (C=O) groups excluding carboxylic acids is 1. The van der Waals surface area contributed by atoms with Crippen LogP contribution in [0.3, 0.4) is 0 Å². The molecule has 194 valence electrons. The summed E-state index contributed by atoms with van der Waals surface area (Å²) in [6.07, 6.45) is 5.17. The number of hydrogen-bond acceptors (Lipinski definition) is 3. The molecule has 4 aliphatic rings. The molecule has 2 bridgehead atoms. The van der Waals surface area contributed by atoms with Gasteiger partial charge in [-0.1, -0.05) is 6.42 Å². The van der Waals surface area contributed by atoms with Crippen molar-refractivity contribution in [2.75, 3.05) is 25.0 Å². The van der Waals surface area contributed by atoms with E-state index in [2.05, 4.69) is 42.4 Å². The Morgan fingerprint density at radius 2 is 1.77 bits per heavy atom. The zero-order valence-electron chi connectivity index (χ0n) is 20.6. The van der Waals surface area contributed by atoms with Crippen LogP contribution in [-0.2, 0) is 9.59 Å². The first-order chi connectivity index (χ1) is 16.5. The van der Waals surface area contributed by atoms with Crippen molar-refractivity contribution in [2.24, 2.45) is 17.8 Å². The number of nitrogens with zero attached hydrogens (tertiary/aromatic N) is 2. The van der Waals surface area contributed by atoms with Gasteiger partial charge in [-0.15, -0.1) is 5.01 Å². The maximum atomic E-state index is 12.9. The Morgan fingerprint density at radius 3 is 2.26 bits per heavy atom. The minimum atomic E-state index is -5.08. The number of alkyl halides is 3. The van der Waals surface area contributed by atoms with Gasteiger partial charge in [0.15, 0.2) is 5.69 Å². The molecule has 1 aromatic rings. The molecule has 6 nitrogen and oxygen atoms in total. The predicted octanol–water partition coefficient (Wildman–Crippen LogP) is 5.50. The topological polar surface area (TPSA) is 69.6 Å². The highest BCUT2D eigenvalue weighted by molar-refractivity contribution is 5.94. The van der Waals surface area contributed by atoms with Crippen LogP contribution >= 0.6 is 0 Å². The van der Waals surface area contributed by atoms with Crippen molar-refractivity contribution in [3.8, 4) is 0 Å². The molecular weight excluding hydrogens is 459 g/mol. The van der Waals surface area contributed by atoms with Gasteiger partial charge in [0.25, 0.3) is 0 Å². The second-order valence-corrected chi connectivity index (χ2v) is 10.8. The van der Waals surface area contributed by atoms with E-state index in [0.29, 0.717) is 12.0 Å². The van der Waals surface area contributed by atoms with E-state index in [1.165, 1.54) is 75.8 Å². The molecule has 0 radical (unpaired) electrons. The van der Waals surface area contributed by atoms with Crippen LogP contribution in [-0.4, -0.2) is 53.8 Å². The summed E-state index contributed by atoms with van der Waals surface area (Å²) >= 11 is 0. The lowest BCUT2D eigenvalue weighted by molar-refractivity contribution is -0.192. The fraction of sp³-hybridized carbons (Fsp3) is 0.692. The van der Waals surface area contributed by atoms with Gasteiger partial charge in [-0.05, 0) is 69.4 Å². The van der Waals surface area contributed by atoms with E-state index in [-0.39, 0.29) is 11.8 Å². The van der Waals surface area contributed by atoms with Gasteiger partial charge in [0.1, 0.15) is 13.1 Å². The molecular formula is C26H37F3N3O3+. The number of rotatable bonds is 4. The molecule has 4 atom stereocenters. The third-order valence-electron chi connectivity index (χ3n) is 8.58. The molecule has 0 spiro atoms. The van der Waals surface area contributed by atoms with Crippen LogP contribution in [0.2, 0.25) is 0 Å². The van der Waals surface area contributed by atoms with Crippen LogP contribution in [0, 0.1) is 24.7 Å². The van der Waals surface area contributed by atoms with Crippen molar-refractivity contribution in [2.45, 2.75) is 77.4 Å². The number of nitrogens with one attached hydrogen (secondary N) is 1. The van der Waals surface area contributed by atoms with Gasteiger partial charge in [-0.2, -0.15) is 13.2 Å². The highest BCUT2D eigenvalue weighted by atomic mass is 19.4. The Balaban J connectivity index is 0.000000364. The van der Waals surface area contributed by atoms with Gasteiger partial charge in [0, 0.05) is 43.1 Å². The average Bonchev–Trinajstić information content (AvgIpc) is 3.59. The normalized spacial score (nSPS) is 29.6. The number of carboxylic acids is 1. The summed E-state index contributed by atoms with van der Waals surface area (Å²) < 4.78 is 32.8. The maximum Gasteiger partial charge on any atom is 0.490 e. The summed E-state index contributed by atoms with van der Waals surface area (Å²) in [7, 11) is 0. The lowest BCUT2D eigenvalue weighted by Crippen LogP contribution is -2.61. The number of benzene rings is 1. The molecule has 0 aromatic heterocycles. The largest absolute Gasteiger partial charge is 0.490 e. The fourth-order valence-corrected chi connectivity index (χ4v) is 6.85. The molecule has 1 aromatic carbocycles. The van der Waals surface area contributed by atoms with Gasteiger partial charge < -0.3 is 10.4 Å². The number of carboxylic acid groups (broad SMARTS) is 1. The van der Waals surface area contributed by atoms with Crippen molar-refractivity contribution in [1.82, 2.24) is 9.60 Å². The van der Waals surface area contributed by atoms with E-state index >= 15 is 0 Å². The van der Waals surface area contributed by atoms with Crippen LogP contribution in [0.15, 0.2) is 18.2 Å². The second kappa shape index (κ2) is 10.1. The lowest BCUT2D eigenvalue weighted by Gasteiger charge is -2.43. The highest BCUT2D eigenvalue weighted by Crippen LogP contribution is 2.48. The SMILES string of the molecule is Cc1cc([N+]2(N3CCCC3C)CCCC2)ccc1NC(=O)[C@H]1CC2CC[C@H]1C2.O=C(O)C(F)(F)F. The molecule has 2 N–H and O–H groups in total. The number of halogens is 3. The molecule has 4 fully saturated rings. The van der Waals surface area contributed by atoms with E-state index in [0.717, 1.165) is 22.6 Å². The molecule has 2 heterocycles. The molecule has 35 heavy (non-hydrogen) atoms. The maximum absolute atomic E-state index is 12.9. The number of aryl methyl sites for hydroxylation is 1. The van der Waals surface area contributed by atoms with Crippen LogP contribution < -0.4 is 9.91 Å². The lowest BCUT2D eigenvalue weighted by atomic mass is 9.88. The molecule has 2 aliphatic carbocycles. The minimum Gasteiger partial charge on any atom is -0.475 e. The predicted molar refractivity (Wildman–Crippen MR) is 129 cm³/mol. The van der Waals surface area contributed by atoms with Crippen molar-refractivity contribution >= 4 is 23.3 Å². The Labute approximate surface area is 205 Å². The summed E-state index contributed by atoms with van der Waals surface area (Å²) in [5.74, 6) is -0.792. The first-order valence-corrected chi connectivity index (χ1v) is 12.9. The molecule has 9 heteroatoms. The third-order valence-corrected chi connectivity index (χ3v) is 8.58. The van der Waals surface area contributed by atoms with E-state index in [9.17, 15) is 18.0 Å². The molecule has 2 unspecified atom stereocenters. The van der Waals surface area contributed by atoms with Crippen LogP contribution in [0.25, 0.3) is 0 Å². The quantitative estimate of drug-likeness (QED) is 0.540. The summed E-state index contributed by atoms with van der Waals surface area (Å²) in [4.78, 5) is 21.8. The zero-order chi connectivity index (χ0) is 25.4. The first-order valence-electron chi connectivity index (χ1n) is 12.9. The summed E-state index contributed by atoms with van der Waals surface area (Å²) in [6.45, 7) is 8.21. The monoisotopic (exact) mass is 496 g/mol. The van der Waals surface area contributed by atoms with E-state index in [1.807, 2.05) is 0 Å². The first kappa shape index (κ1) is 25.9. The number of fused-ring (bicyclic) bond motifs is 2. The van der Waals surface area contributed by atoms with E-state index < -0.39 is 12.1 Å². The molecule has 5 rings (SSSR count). The van der Waals surface area contributed by atoms with Crippen LogP contribution in [0.5, 0.6) is 0 Å². The summed E-state index contributed by atoms with van der Waals surface area (Å²) in [5.41, 5.74) is 3.65.